The number of H-pyrrole nitrogens is 1. The third-order valence-electron chi connectivity index (χ3n) is 4.40. The van der Waals surface area contributed by atoms with Gasteiger partial charge >= 0.3 is 0 Å². The summed E-state index contributed by atoms with van der Waals surface area (Å²) in [4.78, 5) is 1.76. The van der Waals surface area contributed by atoms with Crippen molar-refractivity contribution < 1.29 is 12.8 Å². The molecule has 2 aromatic carbocycles. The normalized spacial score (nSPS) is 11.2. The minimum atomic E-state index is -3.98. The summed E-state index contributed by atoms with van der Waals surface area (Å²) in [5.74, 6) is -0.163. The van der Waals surface area contributed by atoms with Crippen LogP contribution in [-0.2, 0) is 10.0 Å². The zero-order valence-electron chi connectivity index (χ0n) is 17.0. The Kier molecular flexibility index (Phi) is 5.64. The van der Waals surface area contributed by atoms with E-state index in [0.29, 0.717) is 17.2 Å². The van der Waals surface area contributed by atoms with Crippen LogP contribution in [0.4, 0.5) is 27.3 Å². The predicted octanol–water partition coefficient (Wildman–Crippen LogP) is 2.41. The highest BCUT2D eigenvalue weighted by Gasteiger charge is 2.19. The van der Waals surface area contributed by atoms with E-state index in [-0.39, 0.29) is 16.3 Å². The summed E-state index contributed by atoms with van der Waals surface area (Å²) < 4.78 is 42.1. The molecule has 164 valence electrons. The molecule has 32 heavy (non-hydrogen) atoms. The van der Waals surface area contributed by atoms with E-state index in [2.05, 4.69) is 40.9 Å². The number of tetrazole rings is 1. The van der Waals surface area contributed by atoms with Crippen LogP contribution in [0.1, 0.15) is 0 Å². The Bertz CT molecular complexity index is 1330. The molecule has 0 aliphatic carbocycles. The molecule has 0 amide bonds. The van der Waals surface area contributed by atoms with Crippen molar-refractivity contribution in [2.75, 3.05) is 29.0 Å². The molecule has 11 nitrogen and oxygen atoms in total. The summed E-state index contributed by atoms with van der Waals surface area (Å²) >= 11 is 0. The Balaban J connectivity index is 1.51. The number of benzene rings is 2. The first-order valence-corrected chi connectivity index (χ1v) is 10.7. The number of aromatic amines is 1. The van der Waals surface area contributed by atoms with E-state index in [1.54, 1.807) is 30.5 Å². The molecular weight excluding hydrogens is 437 g/mol. The fraction of sp³-hybridized carbons (Fsp3) is 0.105. The first-order valence-electron chi connectivity index (χ1n) is 9.25. The highest BCUT2D eigenvalue weighted by molar-refractivity contribution is 7.92. The van der Waals surface area contributed by atoms with Crippen molar-refractivity contribution in [3.8, 4) is 11.4 Å². The van der Waals surface area contributed by atoms with Crippen molar-refractivity contribution >= 4 is 32.9 Å². The minimum absolute atomic E-state index is 0.0450. The summed E-state index contributed by atoms with van der Waals surface area (Å²) in [5.41, 5.74) is 1.82. The van der Waals surface area contributed by atoms with Gasteiger partial charge in [0, 0.05) is 31.5 Å². The van der Waals surface area contributed by atoms with Gasteiger partial charge in [-0.15, -0.1) is 15.3 Å². The van der Waals surface area contributed by atoms with E-state index in [1.165, 1.54) is 0 Å². The zero-order chi connectivity index (χ0) is 22.7. The van der Waals surface area contributed by atoms with Crippen LogP contribution in [0.5, 0.6) is 0 Å². The lowest BCUT2D eigenvalue weighted by atomic mass is 10.2. The lowest BCUT2D eigenvalue weighted by Crippen LogP contribution is -2.13. The van der Waals surface area contributed by atoms with Crippen molar-refractivity contribution in [2.24, 2.45) is 0 Å². The Hall–Kier alpha value is -4.13. The molecule has 0 radical (unpaired) electrons. The fourth-order valence-electron chi connectivity index (χ4n) is 2.76. The van der Waals surface area contributed by atoms with Gasteiger partial charge in [-0.2, -0.15) is 10.3 Å². The van der Waals surface area contributed by atoms with E-state index in [1.807, 2.05) is 25.1 Å². The maximum Gasteiger partial charge on any atom is 0.261 e. The van der Waals surface area contributed by atoms with Crippen LogP contribution in [0.25, 0.3) is 11.4 Å². The van der Waals surface area contributed by atoms with E-state index in [0.717, 1.165) is 23.9 Å². The highest BCUT2D eigenvalue weighted by Crippen LogP contribution is 2.25. The molecule has 0 aliphatic rings. The molecule has 0 saturated carbocycles. The van der Waals surface area contributed by atoms with Gasteiger partial charge in [0.05, 0.1) is 22.3 Å². The fourth-order valence-corrected chi connectivity index (χ4v) is 3.85. The van der Waals surface area contributed by atoms with Crippen LogP contribution >= 0.6 is 0 Å². The van der Waals surface area contributed by atoms with Gasteiger partial charge < -0.3 is 10.2 Å². The predicted molar refractivity (Wildman–Crippen MR) is 116 cm³/mol. The van der Waals surface area contributed by atoms with Crippen molar-refractivity contribution in [3.63, 3.8) is 0 Å². The Morgan fingerprint density at radius 2 is 1.75 bits per heavy atom. The molecule has 4 aromatic rings. The van der Waals surface area contributed by atoms with Gasteiger partial charge in [0.25, 0.3) is 10.0 Å². The average Bonchev–Trinajstić information content (AvgIpc) is 3.30. The van der Waals surface area contributed by atoms with E-state index in [9.17, 15) is 12.8 Å². The summed E-state index contributed by atoms with van der Waals surface area (Å²) in [5, 5.41) is 24.0. The second-order valence-corrected chi connectivity index (χ2v) is 8.56. The van der Waals surface area contributed by atoms with Gasteiger partial charge in [-0.1, -0.05) is 0 Å². The van der Waals surface area contributed by atoms with Crippen molar-refractivity contribution in [3.05, 3.63) is 60.5 Å². The van der Waals surface area contributed by atoms with Crippen molar-refractivity contribution in [1.82, 2.24) is 30.8 Å². The summed E-state index contributed by atoms with van der Waals surface area (Å²) in [6.45, 7) is 0. The summed E-state index contributed by atoms with van der Waals surface area (Å²) in [7, 11) is -0.188. The molecule has 13 heteroatoms. The molecule has 4 rings (SSSR count). The van der Waals surface area contributed by atoms with Crippen LogP contribution < -0.4 is 14.9 Å². The Labute approximate surface area is 182 Å². The molecular formula is C19H18FN9O2S. The van der Waals surface area contributed by atoms with Gasteiger partial charge in [0.2, 0.25) is 5.82 Å². The Morgan fingerprint density at radius 1 is 1.00 bits per heavy atom. The topological polar surface area (TPSA) is 142 Å². The molecule has 3 N–H and O–H groups in total. The quantitative estimate of drug-likeness (QED) is 0.383. The lowest BCUT2D eigenvalue weighted by Gasteiger charge is -2.13. The van der Waals surface area contributed by atoms with Crippen LogP contribution in [-0.4, -0.2) is 53.3 Å². The Morgan fingerprint density at radius 3 is 2.44 bits per heavy atom. The smallest absolute Gasteiger partial charge is 0.261 e. The summed E-state index contributed by atoms with van der Waals surface area (Å²) in [6, 6.07) is 11.7. The van der Waals surface area contributed by atoms with Crippen molar-refractivity contribution in [2.45, 2.75) is 4.90 Å². The number of hydrogen-bond donors (Lipinski definition) is 3. The van der Waals surface area contributed by atoms with Crippen LogP contribution in [0, 0.1) is 5.82 Å². The molecule has 0 bridgehead atoms. The highest BCUT2D eigenvalue weighted by atomic mass is 32.2. The third kappa shape index (κ3) is 4.62. The number of aromatic nitrogens is 6. The van der Waals surface area contributed by atoms with E-state index >= 15 is 0 Å². The van der Waals surface area contributed by atoms with Gasteiger partial charge in [0.15, 0.2) is 5.82 Å². The van der Waals surface area contributed by atoms with Crippen LogP contribution in [0.3, 0.4) is 0 Å². The number of hydrogen-bond acceptors (Lipinski definition) is 9. The summed E-state index contributed by atoms with van der Waals surface area (Å²) in [6.07, 6.45) is 1.64. The number of sulfonamides is 1. The second-order valence-electron chi connectivity index (χ2n) is 6.88. The zero-order valence-corrected chi connectivity index (χ0v) is 17.8. The number of nitrogens with zero attached hydrogens (tertiary/aromatic N) is 6. The molecule has 2 heterocycles. The SMILES string of the molecule is CN(C)c1cnnc(Nc2ccc(NS(=O)(=O)c3ccc(F)c(-c4nn[nH]n4)c3)cc2)c1. The van der Waals surface area contributed by atoms with Gasteiger partial charge in [-0.05, 0) is 47.7 Å². The molecule has 0 fully saturated rings. The maximum atomic E-state index is 14.1. The molecule has 0 atom stereocenters. The average molecular weight is 455 g/mol. The lowest BCUT2D eigenvalue weighted by molar-refractivity contribution is 0.600. The maximum absolute atomic E-state index is 14.1. The number of rotatable bonds is 7. The number of nitrogens with one attached hydrogen (secondary N) is 3. The first kappa shape index (κ1) is 21.1. The molecule has 0 saturated heterocycles. The third-order valence-corrected chi connectivity index (χ3v) is 5.78. The second kappa shape index (κ2) is 8.55. The molecule has 0 spiro atoms. The van der Waals surface area contributed by atoms with Crippen molar-refractivity contribution in [1.29, 1.82) is 0 Å². The van der Waals surface area contributed by atoms with Crippen LogP contribution in [0.15, 0.2) is 59.6 Å². The number of anilines is 4. The number of halogens is 1. The molecule has 0 aliphatic heterocycles. The van der Waals surface area contributed by atoms with E-state index < -0.39 is 15.8 Å². The standard InChI is InChI=1S/C19H18FN9O2S/c1-29(2)14-9-18(23-21-11-14)22-12-3-5-13(6-4-12)26-32(30,31)15-7-8-17(20)16(10-15)19-24-27-28-25-19/h3-11,26H,1-2H3,(H,22,23)(H,24,25,27,28). The molecule has 0 unspecified atom stereocenters. The van der Waals surface area contributed by atoms with E-state index in [4.69, 9.17) is 0 Å². The van der Waals surface area contributed by atoms with Gasteiger partial charge in [-0.3, -0.25) is 4.72 Å². The first-order chi connectivity index (χ1) is 15.3. The largest absolute Gasteiger partial charge is 0.376 e. The monoisotopic (exact) mass is 455 g/mol. The van der Waals surface area contributed by atoms with Gasteiger partial charge in [0.1, 0.15) is 5.82 Å². The minimum Gasteiger partial charge on any atom is -0.376 e. The van der Waals surface area contributed by atoms with Crippen LogP contribution in [0.2, 0.25) is 0 Å². The van der Waals surface area contributed by atoms with Gasteiger partial charge in [-0.25, -0.2) is 12.8 Å². The molecule has 2 aromatic heterocycles.